The van der Waals surface area contributed by atoms with E-state index in [1.54, 1.807) is 0 Å². The van der Waals surface area contributed by atoms with Crippen molar-refractivity contribution in [1.29, 1.82) is 0 Å². The second kappa shape index (κ2) is 4.53. The average molecular weight is 222 g/mol. The highest BCUT2D eigenvalue weighted by Crippen LogP contribution is 2.30. The minimum Gasteiger partial charge on any atom is -0.326 e. The van der Waals surface area contributed by atoms with Crippen LogP contribution in [-0.4, -0.2) is 20.3 Å². The molecule has 1 aliphatic carbocycles. The molecule has 4 nitrogen and oxygen atoms in total. The van der Waals surface area contributed by atoms with Gasteiger partial charge in [0.25, 0.3) is 0 Å². The maximum Gasteiger partial charge on any atom is 0.133 e. The monoisotopic (exact) mass is 222 g/mol. The van der Waals surface area contributed by atoms with Crippen LogP contribution in [0.3, 0.4) is 0 Å². The van der Waals surface area contributed by atoms with Gasteiger partial charge in [0, 0.05) is 18.0 Å². The number of nitrogens with two attached hydrogens (primary N) is 1. The lowest BCUT2D eigenvalue weighted by atomic mass is 10.00. The van der Waals surface area contributed by atoms with Crippen molar-refractivity contribution >= 4 is 0 Å². The average Bonchev–Trinajstić information content (AvgIpc) is 2.84. The standard InChI is InChI=1S/C12H22N4/c1-12(2,13)8-7-11-15-14-9-16(11)10-5-3-4-6-10/h9-10H,3-8,13H2,1-2H3. The predicted octanol–water partition coefficient (Wildman–Crippen LogP) is 2.06. The molecule has 1 aromatic rings. The van der Waals surface area contributed by atoms with Crippen LogP contribution >= 0.6 is 0 Å². The van der Waals surface area contributed by atoms with E-state index in [0.29, 0.717) is 6.04 Å². The Morgan fingerprint density at radius 1 is 1.44 bits per heavy atom. The van der Waals surface area contributed by atoms with E-state index >= 15 is 0 Å². The maximum absolute atomic E-state index is 6.00. The lowest BCUT2D eigenvalue weighted by molar-refractivity contribution is 0.445. The summed E-state index contributed by atoms with van der Waals surface area (Å²) in [5, 5.41) is 8.26. The zero-order valence-electron chi connectivity index (χ0n) is 10.3. The molecule has 0 spiro atoms. The highest BCUT2D eigenvalue weighted by molar-refractivity contribution is 4.93. The van der Waals surface area contributed by atoms with Crippen molar-refractivity contribution in [1.82, 2.24) is 14.8 Å². The zero-order chi connectivity index (χ0) is 11.6. The van der Waals surface area contributed by atoms with Crippen molar-refractivity contribution in [3.63, 3.8) is 0 Å². The second-order valence-corrected chi connectivity index (χ2v) is 5.58. The molecule has 0 unspecified atom stereocenters. The third-order valence-corrected chi connectivity index (χ3v) is 3.36. The molecule has 1 aliphatic rings. The van der Waals surface area contributed by atoms with Crippen molar-refractivity contribution < 1.29 is 0 Å². The summed E-state index contributed by atoms with van der Waals surface area (Å²) in [5.41, 5.74) is 5.88. The number of hydrogen-bond acceptors (Lipinski definition) is 3. The lowest BCUT2D eigenvalue weighted by Crippen LogP contribution is -2.32. The van der Waals surface area contributed by atoms with Crippen molar-refractivity contribution in [3.8, 4) is 0 Å². The summed E-state index contributed by atoms with van der Waals surface area (Å²) >= 11 is 0. The molecule has 4 heteroatoms. The Balaban J connectivity index is 2.01. The molecule has 1 fully saturated rings. The maximum atomic E-state index is 6.00. The van der Waals surface area contributed by atoms with Gasteiger partial charge in [-0.25, -0.2) is 0 Å². The predicted molar refractivity (Wildman–Crippen MR) is 64.1 cm³/mol. The van der Waals surface area contributed by atoms with E-state index in [0.717, 1.165) is 18.7 Å². The van der Waals surface area contributed by atoms with Crippen LogP contribution < -0.4 is 5.73 Å². The van der Waals surface area contributed by atoms with Gasteiger partial charge in [-0.1, -0.05) is 12.8 Å². The molecule has 0 bridgehead atoms. The van der Waals surface area contributed by atoms with Gasteiger partial charge >= 0.3 is 0 Å². The van der Waals surface area contributed by atoms with Gasteiger partial charge in [-0.15, -0.1) is 10.2 Å². The quantitative estimate of drug-likeness (QED) is 0.848. The van der Waals surface area contributed by atoms with Crippen molar-refractivity contribution in [2.45, 2.75) is 64.0 Å². The normalized spacial score (nSPS) is 18.2. The summed E-state index contributed by atoms with van der Waals surface area (Å²) in [4.78, 5) is 0. The van der Waals surface area contributed by atoms with Crippen LogP contribution in [0.25, 0.3) is 0 Å². The summed E-state index contributed by atoms with van der Waals surface area (Å²) in [7, 11) is 0. The number of nitrogens with zero attached hydrogens (tertiary/aromatic N) is 3. The molecule has 0 radical (unpaired) electrons. The van der Waals surface area contributed by atoms with Crippen LogP contribution in [0.4, 0.5) is 0 Å². The Morgan fingerprint density at radius 2 is 2.12 bits per heavy atom. The molecule has 0 aliphatic heterocycles. The van der Waals surface area contributed by atoms with Gasteiger partial charge in [-0.05, 0) is 33.1 Å². The largest absolute Gasteiger partial charge is 0.326 e. The summed E-state index contributed by atoms with van der Waals surface area (Å²) < 4.78 is 2.26. The van der Waals surface area contributed by atoms with Crippen LogP contribution in [0.1, 0.15) is 57.8 Å². The van der Waals surface area contributed by atoms with Gasteiger partial charge in [0.15, 0.2) is 0 Å². The van der Waals surface area contributed by atoms with Gasteiger partial charge in [-0.3, -0.25) is 0 Å². The molecule has 0 amide bonds. The molecule has 2 rings (SSSR count). The highest BCUT2D eigenvalue weighted by Gasteiger charge is 2.20. The molecule has 0 saturated heterocycles. The van der Waals surface area contributed by atoms with Crippen LogP contribution in [0, 0.1) is 0 Å². The Bertz CT molecular complexity index is 331. The highest BCUT2D eigenvalue weighted by atomic mass is 15.3. The fourth-order valence-corrected chi connectivity index (χ4v) is 2.37. The van der Waals surface area contributed by atoms with E-state index in [4.69, 9.17) is 5.73 Å². The Hall–Kier alpha value is -0.900. The van der Waals surface area contributed by atoms with Crippen LogP contribution in [0.5, 0.6) is 0 Å². The fraction of sp³-hybridized carbons (Fsp3) is 0.833. The zero-order valence-corrected chi connectivity index (χ0v) is 10.3. The minimum atomic E-state index is -0.119. The lowest BCUT2D eigenvalue weighted by Gasteiger charge is -2.19. The Morgan fingerprint density at radius 3 is 2.75 bits per heavy atom. The summed E-state index contributed by atoms with van der Waals surface area (Å²) in [6.07, 6.45) is 9.00. The molecule has 0 atom stereocenters. The number of aromatic nitrogens is 3. The second-order valence-electron chi connectivity index (χ2n) is 5.58. The van der Waals surface area contributed by atoms with E-state index in [1.165, 1.54) is 25.7 Å². The van der Waals surface area contributed by atoms with E-state index in [2.05, 4.69) is 28.6 Å². The first-order valence-electron chi connectivity index (χ1n) is 6.23. The van der Waals surface area contributed by atoms with Crippen molar-refractivity contribution in [2.24, 2.45) is 5.73 Å². The summed E-state index contributed by atoms with van der Waals surface area (Å²) in [6, 6.07) is 0.630. The van der Waals surface area contributed by atoms with E-state index in [-0.39, 0.29) is 5.54 Å². The Labute approximate surface area is 97.2 Å². The van der Waals surface area contributed by atoms with Gasteiger partial charge < -0.3 is 10.3 Å². The van der Waals surface area contributed by atoms with Crippen LogP contribution in [0.2, 0.25) is 0 Å². The number of rotatable bonds is 4. The van der Waals surface area contributed by atoms with Gasteiger partial charge in [0.2, 0.25) is 0 Å². The molecule has 1 saturated carbocycles. The van der Waals surface area contributed by atoms with E-state index in [1.807, 2.05) is 6.33 Å². The number of hydrogen-bond donors (Lipinski definition) is 1. The molecule has 1 aromatic heterocycles. The molecular weight excluding hydrogens is 200 g/mol. The topological polar surface area (TPSA) is 56.7 Å². The van der Waals surface area contributed by atoms with E-state index in [9.17, 15) is 0 Å². The molecule has 90 valence electrons. The van der Waals surface area contributed by atoms with E-state index < -0.39 is 0 Å². The molecular formula is C12H22N4. The van der Waals surface area contributed by atoms with Gasteiger partial charge in [-0.2, -0.15) is 0 Å². The van der Waals surface area contributed by atoms with Gasteiger partial charge in [0.1, 0.15) is 12.2 Å². The first-order chi connectivity index (χ1) is 7.56. The van der Waals surface area contributed by atoms with Crippen molar-refractivity contribution in [3.05, 3.63) is 12.2 Å². The summed E-state index contributed by atoms with van der Waals surface area (Å²) in [6.45, 7) is 4.12. The first-order valence-corrected chi connectivity index (χ1v) is 6.23. The fourth-order valence-electron chi connectivity index (χ4n) is 2.37. The number of aryl methyl sites for hydroxylation is 1. The molecule has 0 aromatic carbocycles. The molecule has 2 N–H and O–H groups in total. The van der Waals surface area contributed by atoms with Crippen LogP contribution in [0.15, 0.2) is 6.33 Å². The molecule has 1 heterocycles. The first kappa shape index (κ1) is 11.6. The van der Waals surface area contributed by atoms with Gasteiger partial charge in [0.05, 0.1) is 0 Å². The smallest absolute Gasteiger partial charge is 0.133 e. The third-order valence-electron chi connectivity index (χ3n) is 3.36. The third kappa shape index (κ3) is 2.82. The minimum absolute atomic E-state index is 0.119. The molecule has 16 heavy (non-hydrogen) atoms. The van der Waals surface area contributed by atoms with Crippen molar-refractivity contribution in [2.75, 3.05) is 0 Å². The SMILES string of the molecule is CC(C)(N)CCc1nncn1C1CCCC1. The Kier molecular flexibility index (Phi) is 3.28. The van der Waals surface area contributed by atoms with Crippen LogP contribution in [-0.2, 0) is 6.42 Å². The summed E-state index contributed by atoms with van der Waals surface area (Å²) in [5.74, 6) is 1.10.